The molecular formula is C21H24N2O4. The van der Waals surface area contributed by atoms with Crippen LogP contribution in [-0.2, 0) is 24.5 Å². The van der Waals surface area contributed by atoms with Crippen LogP contribution in [0.25, 0.3) is 0 Å². The van der Waals surface area contributed by atoms with Crippen LogP contribution in [0.3, 0.4) is 0 Å². The summed E-state index contributed by atoms with van der Waals surface area (Å²) in [4.78, 5) is 27.9. The third-order valence-electron chi connectivity index (χ3n) is 7.14. The number of hydrogen-bond donors (Lipinski definition) is 1. The average Bonchev–Trinajstić information content (AvgIpc) is 3.20. The molecule has 0 radical (unpaired) electrons. The number of esters is 1. The number of nitrogens with one attached hydrogen (secondary N) is 1. The van der Waals surface area contributed by atoms with E-state index in [1.807, 2.05) is 18.2 Å². The maximum atomic E-state index is 13.1. The summed E-state index contributed by atoms with van der Waals surface area (Å²) in [6.45, 7) is 3.79. The van der Waals surface area contributed by atoms with Gasteiger partial charge in [-0.25, -0.2) is 4.79 Å². The van der Waals surface area contributed by atoms with Gasteiger partial charge in [0.2, 0.25) is 5.91 Å². The highest BCUT2D eigenvalue weighted by Gasteiger charge is 2.61. The molecule has 6 heteroatoms. The smallest absolute Gasteiger partial charge is 0.337 e. The van der Waals surface area contributed by atoms with Gasteiger partial charge in [-0.2, -0.15) is 0 Å². The Morgan fingerprint density at radius 1 is 1.37 bits per heavy atom. The molecule has 1 N–H and O–H groups in total. The van der Waals surface area contributed by atoms with Gasteiger partial charge in [0.25, 0.3) is 0 Å². The van der Waals surface area contributed by atoms with Crippen LogP contribution < -0.4 is 5.32 Å². The van der Waals surface area contributed by atoms with Crippen molar-refractivity contribution in [2.75, 3.05) is 25.5 Å². The third-order valence-corrected chi connectivity index (χ3v) is 7.14. The quantitative estimate of drug-likeness (QED) is 0.769. The van der Waals surface area contributed by atoms with Crippen LogP contribution in [0.2, 0.25) is 0 Å². The Kier molecular flexibility index (Phi) is 3.63. The highest BCUT2D eigenvalue weighted by atomic mass is 16.5. The molecule has 142 valence electrons. The molecule has 1 unspecified atom stereocenters. The van der Waals surface area contributed by atoms with Crippen LogP contribution in [-0.4, -0.2) is 49.1 Å². The van der Waals surface area contributed by atoms with Gasteiger partial charge < -0.3 is 14.8 Å². The van der Waals surface area contributed by atoms with Crippen molar-refractivity contribution in [3.63, 3.8) is 0 Å². The topological polar surface area (TPSA) is 67.9 Å². The largest absolute Gasteiger partial charge is 0.497 e. The van der Waals surface area contributed by atoms with E-state index in [2.05, 4.69) is 23.2 Å². The number of carbonyl (C=O) groups excluding carboxylic acids is 2. The van der Waals surface area contributed by atoms with Crippen LogP contribution >= 0.6 is 0 Å². The summed E-state index contributed by atoms with van der Waals surface area (Å²) in [5.41, 5.74) is 2.11. The second-order valence-corrected chi connectivity index (χ2v) is 8.14. The summed E-state index contributed by atoms with van der Waals surface area (Å²) in [6.07, 6.45) is 3.20. The Morgan fingerprint density at radius 3 is 3.00 bits per heavy atom. The fourth-order valence-corrected chi connectivity index (χ4v) is 5.77. The molecule has 1 aromatic rings. The number of piperidine rings is 1. The molecule has 1 amide bonds. The normalized spacial score (nSPS) is 37.0. The molecule has 4 aliphatic rings. The molecule has 2 saturated heterocycles. The van der Waals surface area contributed by atoms with Gasteiger partial charge in [0.1, 0.15) is 0 Å². The monoisotopic (exact) mass is 368 g/mol. The number of ether oxygens (including phenoxy) is 2. The molecule has 1 aromatic carbocycles. The van der Waals surface area contributed by atoms with Crippen molar-refractivity contribution in [2.24, 2.45) is 11.8 Å². The first kappa shape index (κ1) is 16.8. The van der Waals surface area contributed by atoms with Crippen LogP contribution in [0, 0.1) is 11.8 Å². The van der Waals surface area contributed by atoms with Gasteiger partial charge in [0, 0.05) is 30.1 Å². The first-order valence-corrected chi connectivity index (χ1v) is 9.65. The van der Waals surface area contributed by atoms with E-state index in [-0.39, 0.29) is 35.9 Å². The first-order valence-electron chi connectivity index (χ1n) is 9.65. The van der Waals surface area contributed by atoms with E-state index in [0.29, 0.717) is 5.57 Å². The van der Waals surface area contributed by atoms with E-state index in [1.165, 1.54) is 7.11 Å². The zero-order chi connectivity index (χ0) is 18.8. The molecule has 5 rings (SSSR count). The van der Waals surface area contributed by atoms with E-state index >= 15 is 0 Å². The molecule has 0 aliphatic carbocycles. The van der Waals surface area contributed by atoms with E-state index in [1.54, 1.807) is 6.26 Å². The minimum Gasteiger partial charge on any atom is -0.497 e. The molecule has 27 heavy (non-hydrogen) atoms. The summed E-state index contributed by atoms with van der Waals surface area (Å²) in [7, 11) is 1.41. The molecular weight excluding hydrogens is 344 g/mol. The number of hydrogen-bond acceptors (Lipinski definition) is 5. The minimum atomic E-state index is -0.523. The summed E-state index contributed by atoms with van der Waals surface area (Å²) < 4.78 is 10.8. The van der Waals surface area contributed by atoms with E-state index in [9.17, 15) is 9.59 Å². The van der Waals surface area contributed by atoms with Gasteiger partial charge in [0.15, 0.2) is 0 Å². The van der Waals surface area contributed by atoms with Gasteiger partial charge in [-0.3, -0.25) is 9.69 Å². The molecule has 0 bridgehead atoms. The van der Waals surface area contributed by atoms with E-state index in [4.69, 9.17) is 9.47 Å². The first-order chi connectivity index (χ1) is 13.1. The number of nitrogens with zero attached hydrogens (tertiary/aromatic N) is 1. The van der Waals surface area contributed by atoms with E-state index < -0.39 is 5.41 Å². The Bertz CT molecular complexity index is 850. The lowest BCUT2D eigenvalue weighted by Crippen LogP contribution is -2.56. The molecule has 0 saturated carbocycles. The highest BCUT2D eigenvalue weighted by Crippen LogP contribution is 2.53. The maximum absolute atomic E-state index is 13.1. The Labute approximate surface area is 158 Å². The highest BCUT2D eigenvalue weighted by molar-refractivity contribution is 6.07. The van der Waals surface area contributed by atoms with Crippen molar-refractivity contribution in [2.45, 2.75) is 37.3 Å². The second-order valence-electron chi connectivity index (χ2n) is 8.14. The Morgan fingerprint density at radius 2 is 2.19 bits per heavy atom. The number of rotatable bonds is 1. The lowest BCUT2D eigenvalue weighted by molar-refractivity contribution is -0.139. The zero-order valence-electron chi connectivity index (χ0n) is 15.6. The van der Waals surface area contributed by atoms with Gasteiger partial charge in [-0.1, -0.05) is 18.2 Å². The van der Waals surface area contributed by atoms with Crippen LogP contribution in [0.5, 0.6) is 0 Å². The fourth-order valence-electron chi connectivity index (χ4n) is 5.77. The van der Waals surface area contributed by atoms with Crippen molar-refractivity contribution in [3.8, 4) is 0 Å². The number of anilines is 1. The van der Waals surface area contributed by atoms with Gasteiger partial charge in [-0.15, -0.1) is 0 Å². The lowest BCUT2D eigenvalue weighted by Gasteiger charge is -2.48. The van der Waals surface area contributed by atoms with Crippen LogP contribution in [0.15, 0.2) is 36.1 Å². The van der Waals surface area contributed by atoms with Gasteiger partial charge >= 0.3 is 5.97 Å². The van der Waals surface area contributed by atoms with Crippen LogP contribution in [0.4, 0.5) is 5.69 Å². The van der Waals surface area contributed by atoms with Crippen molar-refractivity contribution < 1.29 is 19.1 Å². The standard InChI is InChI=1S/C21H24N2O4/c1-12-14-10-23-8-7-21(16-5-3-4-6-17(16)22-20(21)25)18(23)9-13(14)15(11-27-12)19(24)26-2/h3-6,11-14,18H,7-10H2,1-2H3,(H,22,25)/t12-,13?,14-,18+,21-/m0/s1. The summed E-state index contributed by atoms with van der Waals surface area (Å²) in [5, 5.41) is 3.09. The molecule has 6 nitrogen and oxygen atoms in total. The molecule has 2 fully saturated rings. The summed E-state index contributed by atoms with van der Waals surface area (Å²) >= 11 is 0. The number of fused-ring (bicyclic) bond motifs is 5. The SMILES string of the molecule is COC(=O)C1=CO[C@@H](C)[C@@H]2CN3CC[C@@]4(C(=O)Nc5ccccc54)[C@H]3CC12. The Balaban J connectivity index is 1.55. The summed E-state index contributed by atoms with van der Waals surface area (Å²) in [6, 6.07) is 8.10. The van der Waals surface area contributed by atoms with Crippen molar-refractivity contribution in [1.82, 2.24) is 4.90 Å². The van der Waals surface area contributed by atoms with Crippen molar-refractivity contribution in [1.29, 1.82) is 0 Å². The van der Waals surface area contributed by atoms with Gasteiger partial charge in [-0.05, 0) is 37.9 Å². The molecule has 4 aliphatic heterocycles. The van der Waals surface area contributed by atoms with Crippen LogP contribution in [0.1, 0.15) is 25.3 Å². The zero-order valence-corrected chi connectivity index (χ0v) is 15.6. The lowest BCUT2D eigenvalue weighted by atomic mass is 9.66. The van der Waals surface area contributed by atoms with E-state index in [0.717, 1.165) is 37.2 Å². The predicted octanol–water partition coefficient (Wildman–Crippen LogP) is 2.06. The third kappa shape index (κ3) is 2.16. The predicted molar refractivity (Wildman–Crippen MR) is 99.0 cm³/mol. The average molecular weight is 368 g/mol. The number of amides is 1. The molecule has 1 spiro atoms. The number of benzene rings is 1. The Hall–Kier alpha value is -2.34. The summed E-state index contributed by atoms with van der Waals surface area (Å²) in [5.74, 6) is 0.0558. The minimum absolute atomic E-state index is 0.0468. The van der Waals surface area contributed by atoms with Gasteiger partial charge in [0.05, 0.1) is 30.5 Å². The number of carbonyl (C=O) groups is 2. The maximum Gasteiger partial charge on any atom is 0.337 e. The molecule has 0 aromatic heterocycles. The fraction of sp³-hybridized carbons (Fsp3) is 0.524. The van der Waals surface area contributed by atoms with Crippen molar-refractivity contribution >= 4 is 17.6 Å². The number of para-hydroxylation sites is 1. The second kappa shape index (κ2) is 5.83. The van der Waals surface area contributed by atoms with Crippen molar-refractivity contribution in [3.05, 3.63) is 41.7 Å². The number of methoxy groups -OCH3 is 1. The molecule has 5 atom stereocenters. The molecule has 4 heterocycles.